The first-order chi connectivity index (χ1) is 13.1. The summed E-state index contributed by atoms with van der Waals surface area (Å²) in [5.41, 5.74) is 1.91. The maximum atomic E-state index is 12.5. The van der Waals surface area contributed by atoms with Gasteiger partial charge in [0.15, 0.2) is 5.16 Å². The fourth-order valence-corrected chi connectivity index (χ4v) is 3.07. The van der Waals surface area contributed by atoms with Crippen LogP contribution in [0.4, 0.5) is 5.69 Å². The summed E-state index contributed by atoms with van der Waals surface area (Å²) in [6.07, 6.45) is 1.58. The lowest BCUT2D eigenvalue weighted by Crippen LogP contribution is -2.25. The van der Waals surface area contributed by atoms with Gasteiger partial charge in [-0.25, -0.2) is 0 Å². The first-order valence-corrected chi connectivity index (χ1v) is 9.30. The highest BCUT2D eigenvalue weighted by molar-refractivity contribution is 7.99. The summed E-state index contributed by atoms with van der Waals surface area (Å²) in [6.45, 7) is 0.421. The minimum atomic E-state index is -0.240. The molecule has 0 saturated carbocycles. The molecule has 0 radical (unpaired) electrons. The van der Waals surface area contributed by atoms with Crippen molar-refractivity contribution in [1.82, 2.24) is 20.1 Å². The molecule has 0 aliphatic carbocycles. The predicted octanol–water partition coefficient (Wildman–Crippen LogP) is 2.48. The van der Waals surface area contributed by atoms with E-state index >= 15 is 0 Å². The van der Waals surface area contributed by atoms with Crippen molar-refractivity contribution >= 4 is 29.3 Å². The molecule has 2 N–H and O–H groups in total. The molecule has 2 amide bonds. The number of hydrogen-bond acceptors (Lipinski definition) is 5. The number of amides is 2. The zero-order valence-electron chi connectivity index (χ0n) is 14.8. The third-order valence-corrected chi connectivity index (χ3v) is 4.78. The maximum Gasteiger partial charge on any atom is 0.253 e. The zero-order valence-corrected chi connectivity index (χ0v) is 15.6. The molecule has 7 nitrogen and oxygen atoms in total. The molecule has 0 aliphatic rings. The molecule has 27 heavy (non-hydrogen) atoms. The van der Waals surface area contributed by atoms with Crippen LogP contribution in [0.25, 0.3) is 0 Å². The zero-order chi connectivity index (χ0) is 19.1. The summed E-state index contributed by atoms with van der Waals surface area (Å²) in [5.74, 6) is -0.283. The Labute approximate surface area is 161 Å². The van der Waals surface area contributed by atoms with Crippen molar-refractivity contribution in [2.75, 3.05) is 11.1 Å². The average Bonchev–Trinajstić information content (AvgIpc) is 3.10. The molecule has 8 heteroatoms. The SMILES string of the molecule is Cn1cnnc1SCC(=O)Nc1ccccc1C(=O)NCc1ccccc1. The van der Waals surface area contributed by atoms with E-state index in [9.17, 15) is 9.59 Å². The molecule has 3 rings (SSSR count). The third-order valence-electron chi connectivity index (χ3n) is 3.74. The molecule has 0 spiro atoms. The molecule has 0 bridgehead atoms. The van der Waals surface area contributed by atoms with Gasteiger partial charge in [-0.15, -0.1) is 10.2 Å². The van der Waals surface area contributed by atoms with Crippen molar-refractivity contribution in [1.29, 1.82) is 0 Å². The van der Waals surface area contributed by atoms with Gasteiger partial charge >= 0.3 is 0 Å². The van der Waals surface area contributed by atoms with Gasteiger partial charge < -0.3 is 15.2 Å². The largest absolute Gasteiger partial charge is 0.348 e. The fourth-order valence-electron chi connectivity index (χ4n) is 2.38. The van der Waals surface area contributed by atoms with Gasteiger partial charge in [-0.1, -0.05) is 54.2 Å². The van der Waals surface area contributed by atoms with E-state index < -0.39 is 0 Å². The number of carbonyl (C=O) groups excluding carboxylic acids is 2. The number of aromatic nitrogens is 3. The van der Waals surface area contributed by atoms with E-state index in [4.69, 9.17) is 0 Å². The van der Waals surface area contributed by atoms with E-state index in [-0.39, 0.29) is 17.6 Å². The quantitative estimate of drug-likeness (QED) is 0.614. The van der Waals surface area contributed by atoms with Gasteiger partial charge in [-0.3, -0.25) is 9.59 Å². The van der Waals surface area contributed by atoms with Crippen LogP contribution in [-0.4, -0.2) is 32.3 Å². The van der Waals surface area contributed by atoms with Crippen LogP contribution >= 0.6 is 11.8 Å². The van der Waals surface area contributed by atoms with Gasteiger partial charge in [-0.2, -0.15) is 0 Å². The number of benzene rings is 2. The van der Waals surface area contributed by atoms with E-state index in [0.717, 1.165) is 5.56 Å². The molecule has 0 fully saturated rings. The number of rotatable bonds is 7. The minimum Gasteiger partial charge on any atom is -0.348 e. The Morgan fingerprint density at radius 3 is 2.56 bits per heavy atom. The molecule has 0 saturated heterocycles. The van der Waals surface area contributed by atoms with Gasteiger partial charge in [0.05, 0.1) is 17.0 Å². The summed E-state index contributed by atoms with van der Waals surface area (Å²) >= 11 is 1.28. The lowest BCUT2D eigenvalue weighted by Gasteiger charge is -2.11. The van der Waals surface area contributed by atoms with Gasteiger partial charge in [0.25, 0.3) is 5.91 Å². The Balaban J connectivity index is 1.60. The molecule has 0 atom stereocenters. The van der Waals surface area contributed by atoms with Crippen LogP contribution in [0, 0.1) is 0 Å². The van der Waals surface area contributed by atoms with E-state index in [0.29, 0.717) is 23.0 Å². The van der Waals surface area contributed by atoms with Crippen LogP contribution in [0.3, 0.4) is 0 Å². The highest BCUT2D eigenvalue weighted by Gasteiger charge is 2.14. The molecule has 3 aromatic rings. The van der Waals surface area contributed by atoms with Crippen molar-refractivity contribution in [3.05, 3.63) is 72.1 Å². The van der Waals surface area contributed by atoms with Crippen LogP contribution in [-0.2, 0) is 18.4 Å². The van der Waals surface area contributed by atoms with Crippen molar-refractivity contribution in [2.45, 2.75) is 11.7 Å². The average molecular weight is 381 g/mol. The Morgan fingerprint density at radius 1 is 1.07 bits per heavy atom. The van der Waals surface area contributed by atoms with Crippen LogP contribution in [0.1, 0.15) is 15.9 Å². The molecule has 0 unspecified atom stereocenters. The van der Waals surface area contributed by atoms with E-state index in [2.05, 4.69) is 20.8 Å². The molecule has 2 aromatic carbocycles. The first-order valence-electron chi connectivity index (χ1n) is 8.31. The summed E-state index contributed by atoms with van der Waals surface area (Å²) in [6, 6.07) is 16.6. The van der Waals surface area contributed by atoms with Crippen molar-refractivity contribution in [3.8, 4) is 0 Å². The summed E-state index contributed by atoms with van der Waals surface area (Å²) in [4.78, 5) is 24.8. The number of carbonyl (C=O) groups is 2. The Kier molecular flexibility index (Phi) is 6.22. The Bertz CT molecular complexity index is 927. The molecule has 1 aromatic heterocycles. The summed E-state index contributed by atoms with van der Waals surface area (Å²) < 4.78 is 1.74. The molecular weight excluding hydrogens is 362 g/mol. The first kappa shape index (κ1) is 18.7. The molecular formula is C19H19N5O2S. The third kappa shape index (κ3) is 5.18. The number of thioether (sulfide) groups is 1. The number of anilines is 1. The maximum absolute atomic E-state index is 12.5. The second kappa shape index (κ2) is 9.00. The number of nitrogens with one attached hydrogen (secondary N) is 2. The normalized spacial score (nSPS) is 10.4. The Hall–Kier alpha value is -3.13. The number of hydrogen-bond donors (Lipinski definition) is 2. The van der Waals surface area contributed by atoms with Gasteiger partial charge in [0.2, 0.25) is 5.91 Å². The molecule has 1 heterocycles. The lowest BCUT2D eigenvalue weighted by atomic mass is 10.1. The Morgan fingerprint density at radius 2 is 1.81 bits per heavy atom. The topological polar surface area (TPSA) is 88.9 Å². The molecule has 0 aliphatic heterocycles. The van der Waals surface area contributed by atoms with Crippen LogP contribution in [0.15, 0.2) is 66.1 Å². The van der Waals surface area contributed by atoms with Gasteiger partial charge in [0, 0.05) is 13.6 Å². The van der Waals surface area contributed by atoms with Crippen molar-refractivity contribution in [3.63, 3.8) is 0 Å². The van der Waals surface area contributed by atoms with Crippen LogP contribution in [0.5, 0.6) is 0 Å². The number of para-hydroxylation sites is 1. The standard InChI is InChI=1S/C19H19N5O2S/c1-24-13-21-23-19(24)27-12-17(25)22-16-10-6-5-9-15(16)18(26)20-11-14-7-3-2-4-8-14/h2-10,13H,11-12H2,1H3,(H,20,26)(H,22,25). The molecule has 138 valence electrons. The van der Waals surface area contributed by atoms with Crippen LogP contribution in [0.2, 0.25) is 0 Å². The van der Waals surface area contributed by atoms with Gasteiger partial charge in [-0.05, 0) is 17.7 Å². The van der Waals surface area contributed by atoms with Gasteiger partial charge in [0.1, 0.15) is 6.33 Å². The van der Waals surface area contributed by atoms with Crippen molar-refractivity contribution in [2.24, 2.45) is 7.05 Å². The lowest BCUT2D eigenvalue weighted by molar-refractivity contribution is -0.113. The van der Waals surface area contributed by atoms with Crippen molar-refractivity contribution < 1.29 is 9.59 Å². The number of nitrogens with zero attached hydrogens (tertiary/aromatic N) is 3. The monoisotopic (exact) mass is 381 g/mol. The van der Waals surface area contributed by atoms with E-state index in [1.54, 1.807) is 35.2 Å². The highest BCUT2D eigenvalue weighted by Crippen LogP contribution is 2.18. The summed E-state index contributed by atoms with van der Waals surface area (Å²) in [5, 5.41) is 14.0. The second-order valence-electron chi connectivity index (χ2n) is 5.78. The van der Waals surface area contributed by atoms with E-state index in [1.807, 2.05) is 37.4 Å². The number of aryl methyl sites for hydroxylation is 1. The highest BCUT2D eigenvalue weighted by atomic mass is 32.2. The fraction of sp³-hybridized carbons (Fsp3) is 0.158. The summed E-state index contributed by atoms with van der Waals surface area (Å²) in [7, 11) is 1.81. The minimum absolute atomic E-state index is 0.173. The van der Waals surface area contributed by atoms with Crippen LogP contribution < -0.4 is 10.6 Å². The second-order valence-corrected chi connectivity index (χ2v) is 6.72. The predicted molar refractivity (Wildman–Crippen MR) is 104 cm³/mol. The smallest absolute Gasteiger partial charge is 0.253 e. The van der Waals surface area contributed by atoms with E-state index in [1.165, 1.54) is 11.8 Å².